The Labute approximate surface area is 254 Å². The lowest BCUT2D eigenvalue weighted by Gasteiger charge is -2.25. The van der Waals surface area contributed by atoms with Gasteiger partial charge in [-0.2, -0.15) is 0 Å². The lowest BCUT2D eigenvalue weighted by atomic mass is 9.95. The first-order valence-electron chi connectivity index (χ1n) is 12.5. The Balaban J connectivity index is 1.45. The van der Waals surface area contributed by atoms with Crippen LogP contribution in [-0.2, 0) is 4.79 Å². The van der Waals surface area contributed by atoms with Gasteiger partial charge in [0.1, 0.15) is 17.3 Å². The molecule has 2 aromatic heterocycles. The Morgan fingerprint density at radius 1 is 1.05 bits per heavy atom. The van der Waals surface area contributed by atoms with Gasteiger partial charge in [-0.25, -0.2) is 9.38 Å². The van der Waals surface area contributed by atoms with Crippen LogP contribution in [0, 0.1) is 5.82 Å². The summed E-state index contributed by atoms with van der Waals surface area (Å²) < 4.78 is 23.6. The topological polar surface area (TPSA) is 76.6 Å². The van der Waals surface area contributed by atoms with Gasteiger partial charge in [0.25, 0.3) is 11.5 Å². The number of nitrogens with zero attached hydrogens (tertiary/aromatic N) is 2. The first-order valence-corrected chi connectivity index (χ1v) is 14.9. The van der Waals surface area contributed by atoms with Crippen molar-refractivity contribution in [3.05, 3.63) is 142 Å². The molecule has 0 bridgehead atoms. The molecule has 6 nitrogen and oxygen atoms in total. The van der Waals surface area contributed by atoms with E-state index in [0.717, 1.165) is 14.5 Å². The molecule has 0 saturated heterocycles. The lowest BCUT2D eigenvalue weighted by Crippen LogP contribution is -2.40. The Hall–Kier alpha value is -3.86. The van der Waals surface area contributed by atoms with Gasteiger partial charge >= 0.3 is 0 Å². The summed E-state index contributed by atoms with van der Waals surface area (Å²) >= 11 is 8.24. The maximum atomic E-state index is 13.9. The van der Waals surface area contributed by atoms with Gasteiger partial charge in [-0.05, 0) is 67.1 Å². The van der Waals surface area contributed by atoms with Crippen molar-refractivity contribution in [1.82, 2.24) is 4.57 Å². The van der Waals surface area contributed by atoms with Crippen molar-refractivity contribution < 1.29 is 13.6 Å². The molecule has 6 rings (SSSR count). The molecule has 1 N–H and O–H groups in total. The molecule has 3 aromatic carbocycles. The van der Waals surface area contributed by atoms with Crippen molar-refractivity contribution in [3.8, 4) is 11.3 Å². The Morgan fingerprint density at radius 2 is 1.80 bits per heavy atom. The second-order valence-corrected chi connectivity index (χ2v) is 12.1. The number of rotatable bonds is 5. The molecule has 10 heteroatoms. The van der Waals surface area contributed by atoms with Crippen LogP contribution in [0.3, 0.4) is 0 Å². The largest absolute Gasteiger partial charge is 0.457 e. The molecule has 0 unspecified atom stereocenters. The molecule has 204 valence electrons. The number of allylic oxidation sites excluding steroid dienone is 1. The van der Waals surface area contributed by atoms with E-state index < -0.39 is 17.8 Å². The van der Waals surface area contributed by atoms with Crippen LogP contribution in [0.4, 0.5) is 10.1 Å². The molecule has 0 aliphatic carbocycles. The van der Waals surface area contributed by atoms with Gasteiger partial charge in [-0.1, -0.05) is 73.5 Å². The Morgan fingerprint density at radius 3 is 2.56 bits per heavy atom. The second kappa shape index (κ2) is 11.2. The maximum absolute atomic E-state index is 13.9. The van der Waals surface area contributed by atoms with Crippen LogP contribution >= 0.6 is 43.2 Å². The number of halogens is 3. The highest BCUT2D eigenvalue weighted by atomic mass is 79.9. The summed E-state index contributed by atoms with van der Waals surface area (Å²) in [6.45, 7) is 1.74. The third-order valence-corrected chi connectivity index (χ3v) is 8.75. The van der Waals surface area contributed by atoms with E-state index in [4.69, 9.17) is 4.42 Å². The van der Waals surface area contributed by atoms with Gasteiger partial charge in [0.05, 0.1) is 21.8 Å². The van der Waals surface area contributed by atoms with Crippen LogP contribution in [0.2, 0.25) is 0 Å². The predicted octanol–water partition coefficient (Wildman–Crippen LogP) is 6.80. The van der Waals surface area contributed by atoms with Crippen molar-refractivity contribution >= 4 is 60.9 Å². The predicted molar refractivity (Wildman–Crippen MR) is 165 cm³/mol. The van der Waals surface area contributed by atoms with Gasteiger partial charge in [0, 0.05) is 26.3 Å². The molecule has 1 amide bonds. The zero-order valence-electron chi connectivity index (χ0n) is 21.4. The minimum atomic E-state index is -0.803. The number of thiazole rings is 1. The average molecular weight is 693 g/mol. The molecule has 0 spiro atoms. The van der Waals surface area contributed by atoms with E-state index in [1.54, 1.807) is 43.3 Å². The number of benzene rings is 3. The van der Waals surface area contributed by atoms with Crippen LogP contribution in [0.25, 0.3) is 17.4 Å². The van der Waals surface area contributed by atoms with E-state index >= 15 is 0 Å². The lowest BCUT2D eigenvalue weighted by molar-refractivity contribution is -0.113. The summed E-state index contributed by atoms with van der Waals surface area (Å²) in [6, 6.07) is 23.5. The van der Waals surface area contributed by atoms with E-state index in [1.165, 1.54) is 28.0 Å². The molecule has 0 fully saturated rings. The van der Waals surface area contributed by atoms with Crippen molar-refractivity contribution in [2.24, 2.45) is 4.99 Å². The number of nitrogens with one attached hydrogen (secondary N) is 1. The summed E-state index contributed by atoms with van der Waals surface area (Å²) in [4.78, 5) is 32.5. The second-order valence-electron chi connectivity index (χ2n) is 9.28. The molecular weight excluding hydrogens is 673 g/mol. The van der Waals surface area contributed by atoms with E-state index in [0.29, 0.717) is 43.4 Å². The molecule has 5 aromatic rings. The number of anilines is 1. The van der Waals surface area contributed by atoms with Crippen molar-refractivity contribution in [3.63, 3.8) is 0 Å². The van der Waals surface area contributed by atoms with Crippen molar-refractivity contribution in [1.29, 1.82) is 0 Å². The highest BCUT2D eigenvalue weighted by molar-refractivity contribution is 9.11. The standard InChI is InChI=1S/C31H20Br2FN3O3S/c1-17-27(29(38)36-21-5-3-2-4-6-21)28(18-7-10-20(34)11-8-18)37-30(39)26(41-31(37)35-17)16-22-12-14-25(40-22)23-15-19(32)9-13-24(23)33/h2-16,28H,1H3,(H,36,38)/b26-16+/t28-/m1/s1. The zero-order chi connectivity index (χ0) is 28.7. The number of aromatic nitrogens is 1. The number of hydrogen-bond acceptors (Lipinski definition) is 5. The molecule has 1 atom stereocenters. The third-order valence-electron chi connectivity index (χ3n) is 6.58. The highest BCUT2D eigenvalue weighted by Crippen LogP contribution is 2.33. The fourth-order valence-electron chi connectivity index (χ4n) is 4.68. The number of carbonyl (C=O) groups excluding carboxylic acids is 1. The van der Waals surface area contributed by atoms with Gasteiger partial charge < -0.3 is 9.73 Å². The number of amides is 1. The van der Waals surface area contributed by atoms with Crippen LogP contribution in [0.15, 0.2) is 119 Å². The van der Waals surface area contributed by atoms with Crippen LogP contribution in [0.5, 0.6) is 0 Å². The number of para-hydroxylation sites is 1. The molecule has 41 heavy (non-hydrogen) atoms. The summed E-state index contributed by atoms with van der Waals surface area (Å²) in [5, 5.41) is 2.90. The first kappa shape index (κ1) is 27.3. The number of fused-ring (bicyclic) bond motifs is 1. The number of carbonyl (C=O) groups is 1. The molecule has 3 heterocycles. The smallest absolute Gasteiger partial charge is 0.271 e. The van der Waals surface area contributed by atoms with E-state index in [9.17, 15) is 14.0 Å². The highest BCUT2D eigenvalue weighted by Gasteiger charge is 2.32. The van der Waals surface area contributed by atoms with Crippen molar-refractivity contribution in [2.75, 3.05) is 5.32 Å². The average Bonchev–Trinajstić information content (AvgIpc) is 3.54. The number of hydrogen-bond donors (Lipinski definition) is 1. The van der Waals surface area contributed by atoms with Crippen LogP contribution < -0.4 is 20.2 Å². The summed E-state index contributed by atoms with van der Waals surface area (Å²) in [6.07, 6.45) is 1.67. The summed E-state index contributed by atoms with van der Waals surface area (Å²) in [5.41, 5.74) is 2.51. The Bertz CT molecular complexity index is 2010. The van der Waals surface area contributed by atoms with Crippen LogP contribution in [0.1, 0.15) is 24.3 Å². The van der Waals surface area contributed by atoms with E-state index in [-0.39, 0.29) is 5.56 Å². The SMILES string of the molecule is CC1=C(C(=O)Nc2ccccc2)[C@@H](c2ccc(F)cc2)n2c(s/c(=C/c3ccc(-c4cc(Br)ccc4Br)o3)c2=O)=N1. The zero-order valence-corrected chi connectivity index (χ0v) is 25.4. The fourth-order valence-corrected chi connectivity index (χ4v) is 6.51. The monoisotopic (exact) mass is 691 g/mol. The van der Waals surface area contributed by atoms with Gasteiger partial charge in [0.15, 0.2) is 4.80 Å². The van der Waals surface area contributed by atoms with E-state index in [2.05, 4.69) is 42.2 Å². The minimum absolute atomic E-state index is 0.305. The van der Waals surface area contributed by atoms with Gasteiger partial charge in [0.2, 0.25) is 0 Å². The molecule has 0 saturated carbocycles. The molecular formula is C31H20Br2FN3O3S. The van der Waals surface area contributed by atoms with E-state index in [1.807, 2.05) is 42.5 Å². The maximum Gasteiger partial charge on any atom is 0.271 e. The Kier molecular flexibility index (Phi) is 7.46. The van der Waals surface area contributed by atoms with Crippen molar-refractivity contribution in [2.45, 2.75) is 13.0 Å². The van der Waals surface area contributed by atoms with Gasteiger partial charge in [-0.15, -0.1) is 0 Å². The number of furan rings is 1. The summed E-state index contributed by atoms with van der Waals surface area (Å²) in [7, 11) is 0. The third kappa shape index (κ3) is 5.42. The normalized spacial score (nSPS) is 15.0. The molecule has 1 aliphatic rings. The van der Waals surface area contributed by atoms with Crippen LogP contribution in [-0.4, -0.2) is 10.5 Å². The first-order chi connectivity index (χ1) is 19.8. The fraction of sp³-hybridized carbons (Fsp3) is 0.0645. The van der Waals surface area contributed by atoms with Gasteiger partial charge in [-0.3, -0.25) is 14.2 Å². The summed E-state index contributed by atoms with van der Waals surface area (Å²) in [5.74, 6) is 0.324. The molecule has 0 radical (unpaired) electrons. The minimum Gasteiger partial charge on any atom is -0.457 e. The quantitative estimate of drug-likeness (QED) is 0.220. The molecule has 1 aliphatic heterocycles.